The first-order chi connectivity index (χ1) is 14.2. The molecular weight excluding hydrogens is 382 g/mol. The molecule has 0 saturated carbocycles. The molecule has 1 N–H and O–H groups in total. The lowest BCUT2D eigenvalue weighted by Crippen LogP contribution is -2.65. The maximum absolute atomic E-state index is 12.3. The summed E-state index contributed by atoms with van der Waals surface area (Å²) in [7, 11) is 0. The van der Waals surface area contributed by atoms with Gasteiger partial charge in [-0.2, -0.15) is 0 Å². The van der Waals surface area contributed by atoms with Crippen molar-refractivity contribution in [3.63, 3.8) is 0 Å². The van der Waals surface area contributed by atoms with Crippen molar-refractivity contribution in [3.05, 3.63) is 70.6 Å². The Morgan fingerprint density at radius 1 is 1.00 bits per heavy atom. The molecule has 2 aliphatic heterocycles. The number of nitrogens with one attached hydrogen (secondary N) is 1. The van der Waals surface area contributed by atoms with Crippen molar-refractivity contribution >= 4 is 33.2 Å². The van der Waals surface area contributed by atoms with Gasteiger partial charge in [0.2, 0.25) is 11.8 Å². The molecule has 2 fully saturated rings. The van der Waals surface area contributed by atoms with E-state index in [-0.39, 0.29) is 24.4 Å². The Labute approximate surface area is 173 Å². The molecule has 1 unspecified atom stereocenters. The van der Waals surface area contributed by atoms with Gasteiger partial charge in [-0.25, -0.2) is 0 Å². The zero-order valence-electron chi connectivity index (χ0n) is 16.1. The SMILES string of the molecule is O=C1NCC(=O)N2CCN(Cc3c(Cc4ccccc4)sc4ccccc34)CC12. The van der Waals surface area contributed by atoms with E-state index in [0.717, 1.165) is 19.5 Å². The minimum atomic E-state index is -0.368. The Morgan fingerprint density at radius 3 is 2.66 bits per heavy atom. The molecule has 2 aromatic carbocycles. The van der Waals surface area contributed by atoms with Gasteiger partial charge in [0.05, 0.1) is 6.54 Å². The highest BCUT2D eigenvalue weighted by molar-refractivity contribution is 7.19. The van der Waals surface area contributed by atoms with Crippen molar-refractivity contribution in [2.45, 2.75) is 19.0 Å². The highest BCUT2D eigenvalue weighted by atomic mass is 32.1. The summed E-state index contributed by atoms with van der Waals surface area (Å²) >= 11 is 1.86. The lowest BCUT2D eigenvalue weighted by molar-refractivity contribution is -0.149. The molecule has 3 heterocycles. The Hall–Kier alpha value is -2.70. The molecule has 148 valence electrons. The molecule has 1 aromatic heterocycles. The number of thiophene rings is 1. The molecule has 5 nitrogen and oxygen atoms in total. The highest BCUT2D eigenvalue weighted by Crippen LogP contribution is 2.34. The van der Waals surface area contributed by atoms with Gasteiger partial charge in [-0.15, -0.1) is 11.3 Å². The van der Waals surface area contributed by atoms with Crippen LogP contribution in [-0.4, -0.2) is 53.8 Å². The fraction of sp³-hybridized carbons (Fsp3) is 0.304. The first-order valence-electron chi connectivity index (χ1n) is 10.0. The minimum Gasteiger partial charge on any atom is -0.345 e. The fourth-order valence-corrected chi connectivity index (χ4v) is 5.61. The Balaban J connectivity index is 1.43. The molecule has 1 atom stereocenters. The van der Waals surface area contributed by atoms with Crippen LogP contribution in [-0.2, 0) is 22.6 Å². The minimum absolute atomic E-state index is 0.0278. The summed E-state index contributed by atoms with van der Waals surface area (Å²) < 4.78 is 1.30. The van der Waals surface area contributed by atoms with Crippen LogP contribution in [0.15, 0.2) is 54.6 Å². The summed E-state index contributed by atoms with van der Waals surface area (Å²) in [5.41, 5.74) is 2.66. The van der Waals surface area contributed by atoms with Gasteiger partial charge in [-0.3, -0.25) is 14.5 Å². The molecular formula is C23H23N3O2S. The third-order valence-corrected chi connectivity index (χ3v) is 7.09. The van der Waals surface area contributed by atoms with E-state index in [1.807, 2.05) is 17.4 Å². The highest BCUT2D eigenvalue weighted by Gasteiger charge is 2.38. The first-order valence-corrected chi connectivity index (χ1v) is 10.8. The van der Waals surface area contributed by atoms with Gasteiger partial charge in [-0.05, 0) is 22.6 Å². The van der Waals surface area contributed by atoms with Gasteiger partial charge in [0.1, 0.15) is 6.04 Å². The van der Waals surface area contributed by atoms with Crippen molar-refractivity contribution in [3.8, 4) is 0 Å². The monoisotopic (exact) mass is 405 g/mol. The van der Waals surface area contributed by atoms with Gasteiger partial charge in [0.15, 0.2) is 0 Å². The van der Waals surface area contributed by atoms with E-state index in [4.69, 9.17) is 0 Å². The summed E-state index contributed by atoms with van der Waals surface area (Å²) in [5.74, 6) is -0.00557. The number of fused-ring (bicyclic) bond motifs is 2. The van der Waals surface area contributed by atoms with E-state index in [2.05, 4.69) is 58.7 Å². The average Bonchev–Trinajstić information content (AvgIpc) is 3.09. The second-order valence-electron chi connectivity index (χ2n) is 7.72. The number of hydrogen-bond acceptors (Lipinski definition) is 4. The van der Waals surface area contributed by atoms with E-state index in [1.54, 1.807) is 4.90 Å². The number of amides is 2. The molecule has 0 spiro atoms. The fourth-order valence-electron chi connectivity index (χ4n) is 4.36. The van der Waals surface area contributed by atoms with Crippen LogP contribution in [0.3, 0.4) is 0 Å². The van der Waals surface area contributed by atoms with Gasteiger partial charge in [-0.1, -0.05) is 48.5 Å². The molecule has 0 aliphatic carbocycles. The molecule has 3 aromatic rings. The van der Waals surface area contributed by atoms with Gasteiger partial charge < -0.3 is 10.2 Å². The lowest BCUT2D eigenvalue weighted by Gasteiger charge is -2.43. The summed E-state index contributed by atoms with van der Waals surface area (Å²) in [6.45, 7) is 2.94. The number of hydrogen-bond donors (Lipinski definition) is 1. The van der Waals surface area contributed by atoms with Crippen molar-refractivity contribution < 1.29 is 9.59 Å². The van der Waals surface area contributed by atoms with Crippen LogP contribution in [0.1, 0.15) is 16.0 Å². The van der Waals surface area contributed by atoms with Crippen molar-refractivity contribution in [2.24, 2.45) is 0 Å². The van der Waals surface area contributed by atoms with Crippen LogP contribution in [0.2, 0.25) is 0 Å². The van der Waals surface area contributed by atoms with Crippen LogP contribution in [0, 0.1) is 0 Å². The van der Waals surface area contributed by atoms with E-state index in [0.29, 0.717) is 13.1 Å². The number of piperazine rings is 2. The first kappa shape index (κ1) is 18.3. The number of rotatable bonds is 4. The number of carbonyl (C=O) groups excluding carboxylic acids is 2. The number of carbonyl (C=O) groups is 2. The van der Waals surface area contributed by atoms with Crippen molar-refractivity contribution in [1.82, 2.24) is 15.1 Å². The van der Waals surface area contributed by atoms with Crippen LogP contribution in [0.4, 0.5) is 0 Å². The molecule has 5 rings (SSSR count). The quantitative estimate of drug-likeness (QED) is 0.726. The molecule has 6 heteroatoms. The van der Waals surface area contributed by atoms with E-state index in [9.17, 15) is 9.59 Å². The van der Waals surface area contributed by atoms with Gasteiger partial charge >= 0.3 is 0 Å². The molecule has 2 aliphatic rings. The van der Waals surface area contributed by atoms with Gasteiger partial charge in [0.25, 0.3) is 0 Å². The Morgan fingerprint density at radius 2 is 1.79 bits per heavy atom. The summed E-state index contributed by atoms with van der Waals surface area (Å²) in [6, 6.07) is 18.8. The Bertz CT molecular complexity index is 1060. The maximum Gasteiger partial charge on any atom is 0.244 e. The van der Waals surface area contributed by atoms with Crippen molar-refractivity contribution in [2.75, 3.05) is 26.2 Å². The van der Waals surface area contributed by atoms with Crippen LogP contribution < -0.4 is 5.32 Å². The van der Waals surface area contributed by atoms with Gasteiger partial charge in [0, 0.05) is 42.2 Å². The lowest BCUT2D eigenvalue weighted by atomic mass is 10.0. The van der Waals surface area contributed by atoms with Crippen LogP contribution in [0.25, 0.3) is 10.1 Å². The average molecular weight is 406 g/mol. The second-order valence-corrected chi connectivity index (χ2v) is 8.85. The second kappa shape index (κ2) is 7.61. The zero-order valence-corrected chi connectivity index (χ0v) is 17.0. The normalized spacial score (nSPS) is 20.0. The van der Waals surface area contributed by atoms with Crippen LogP contribution in [0.5, 0.6) is 0 Å². The van der Waals surface area contributed by atoms with E-state index in [1.165, 1.54) is 26.1 Å². The Kier molecular flexibility index (Phi) is 4.81. The summed E-state index contributed by atoms with van der Waals surface area (Å²) in [5, 5.41) is 4.03. The molecule has 29 heavy (non-hydrogen) atoms. The smallest absolute Gasteiger partial charge is 0.244 e. The maximum atomic E-state index is 12.3. The standard InChI is InChI=1S/C23H23N3O2S/c27-22-13-24-23(28)19-15-25(10-11-26(19)22)14-18-17-8-4-5-9-20(17)29-21(18)12-16-6-2-1-3-7-16/h1-9,19H,10-15H2,(H,24,28). The van der Waals surface area contributed by atoms with Crippen molar-refractivity contribution in [1.29, 1.82) is 0 Å². The number of benzene rings is 2. The molecule has 0 bridgehead atoms. The zero-order chi connectivity index (χ0) is 19.8. The van der Waals surface area contributed by atoms with E-state index < -0.39 is 0 Å². The third kappa shape index (κ3) is 3.54. The molecule has 0 radical (unpaired) electrons. The predicted octanol–water partition coefficient (Wildman–Crippen LogP) is 2.63. The molecule has 2 saturated heterocycles. The summed E-state index contributed by atoms with van der Waals surface area (Å²) in [4.78, 5) is 29.9. The van der Waals surface area contributed by atoms with E-state index >= 15 is 0 Å². The predicted molar refractivity (Wildman–Crippen MR) is 115 cm³/mol. The van der Waals surface area contributed by atoms with Crippen LogP contribution >= 0.6 is 11.3 Å². The largest absolute Gasteiger partial charge is 0.345 e. The third-order valence-electron chi connectivity index (χ3n) is 5.87. The number of nitrogens with zero attached hydrogens (tertiary/aromatic N) is 2. The summed E-state index contributed by atoms with van der Waals surface area (Å²) in [6.07, 6.45) is 0.915. The molecule has 2 amide bonds. The topological polar surface area (TPSA) is 52.7 Å².